The first-order chi connectivity index (χ1) is 4.93. The van der Waals surface area contributed by atoms with Crippen molar-refractivity contribution in [1.82, 2.24) is 5.32 Å². The Morgan fingerprint density at radius 3 is 2.64 bits per heavy atom. The molecule has 0 amide bonds. The molecule has 62 valence electrons. The maximum absolute atomic E-state index is 5.76. The van der Waals surface area contributed by atoms with Crippen molar-refractivity contribution in [3.05, 3.63) is 8.74 Å². The molecule has 0 aromatic heterocycles. The number of hydrogen-bond acceptors (Lipinski definition) is 3. The van der Waals surface area contributed by atoms with Gasteiger partial charge in [0.1, 0.15) is 10.8 Å². The highest BCUT2D eigenvalue weighted by Gasteiger charge is 2.28. The predicted molar refractivity (Wildman–Crippen MR) is 55.9 cm³/mol. The molecular formula is C5H6Cl2IN3. The van der Waals surface area contributed by atoms with Crippen molar-refractivity contribution in [2.75, 3.05) is 0 Å². The largest absolute Gasteiger partial charge is 0.320 e. The van der Waals surface area contributed by atoms with E-state index in [9.17, 15) is 0 Å². The molecule has 1 heterocycles. The van der Waals surface area contributed by atoms with Crippen molar-refractivity contribution in [2.24, 2.45) is 10.7 Å². The quantitative estimate of drug-likeness (QED) is 0.529. The van der Waals surface area contributed by atoms with Gasteiger partial charge in [-0.1, -0.05) is 11.6 Å². The standard InChI is InChI=1S/C5H6Cl2IN3/c1-5(9)2(8)3(6)10-4(7)11-5/h9H2,1H3,(H,10,11). The first-order valence-corrected chi connectivity index (χ1v) is 4.64. The zero-order chi connectivity index (χ0) is 8.65. The Morgan fingerprint density at radius 2 is 2.18 bits per heavy atom. The molecule has 3 N–H and O–H groups in total. The summed E-state index contributed by atoms with van der Waals surface area (Å²) in [7, 11) is 0. The van der Waals surface area contributed by atoms with Gasteiger partial charge >= 0.3 is 0 Å². The molecule has 0 saturated carbocycles. The Labute approximate surface area is 88.2 Å². The molecule has 0 spiro atoms. The van der Waals surface area contributed by atoms with E-state index in [1.807, 2.05) is 22.6 Å². The van der Waals surface area contributed by atoms with Gasteiger partial charge in [-0.15, -0.1) is 0 Å². The third kappa shape index (κ3) is 1.99. The van der Waals surface area contributed by atoms with Crippen molar-refractivity contribution in [3.63, 3.8) is 0 Å². The van der Waals surface area contributed by atoms with Crippen LogP contribution in [0.3, 0.4) is 0 Å². The highest BCUT2D eigenvalue weighted by atomic mass is 127. The summed E-state index contributed by atoms with van der Waals surface area (Å²) >= 11 is 13.4. The van der Waals surface area contributed by atoms with Gasteiger partial charge in [0.05, 0.1) is 3.58 Å². The molecule has 1 unspecified atom stereocenters. The van der Waals surface area contributed by atoms with Crippen LogP contribution >= 0.6 is 45.8 Å². The molecule has 1 aliphatic rings. The van der Waals surface area contributed by atoms with Gasteiger partial charge in [0.2, 0.25) is 0 Å². The highest BCUT2D eigenvalue weighted by Crippen LogP contribution is 2.29. The van der Waals surface area contributed by atoms with E-state index in [4.69, 9.17) is 28.9 Å². The summed E-state index contributed by atoms with van der Waals surface area (Å²) in [5.74, 6) is 0. The minimum absolute atomic E-state index is 0.223. The second-order valence-corrected chi connectivity index (χ2v) is 4.12. The van der Waals surface area contributed by atoms with Gasteiger partial charge in [0.25, 0.3) is 0 Å². The van der Waals surface area contributed by atoms with E-state index in [1.54, 1.807) is 6.92 Å². The zero-order valence-electron chi connectivity index (χ0n) is 5.66. The van der Waals surface area contributed by atoms with Crippen molar-refractivity contribution >= 4 is 51.1 Å². The molecule has 1 rings (SSSR count). The minimum Gasteiger partial charge on any atom is -0.320 e. The zero-order valence-corrected chi connectivity index (χ0v) is 9.33. The van der Waals surface area contributed by atoms with E-state index in [2.05, 4.69) is 10.3 Å². The van der Waals surface area contributed by atoms with Crippen LogP contribution in [-0.4, -0.2) is 11.0 Å². The Kier molecular flexibility index (Phi) is 2.68. The number of amidine groups is 1. The third-order valence-corrected chi connectivity index (χ3v) is 3.59. The van der Waals surface area contributed by atoms with Crippen LogP contribution in [0.25, 0.3) is 0 Å². The number of halogens is 3. The number of rotatable bonds is 0. The normalized spacial score (nSPS) is 31.5. The Hall–Kier alpha value is 0.480. The molecular weight excluding hydrogens is 300 g/mol. The molecule has 0 saturated heterocycles. The van der Waals surface area contributed by atoms with E-state index in [0.717, 1.165) is 3.58 Å². The van der Waals surface area contributed by atoms with Crippen LogP contribution in [0.1, 0.15) is 6.92 Å². The van der Waals surface area contributed by atoms with Gasteiger partial charge in [0.15, 0.2) is 5.29 Å². The Balaban J connectivity index is 3.04. The summed E-state index contributed by atoms with van der Waals surface area (Å²) in [5.41, 5.74) is 4.95. The van der Waals surface area contributed by atoms with E-state index >= 15 is 0 Å². The minimum atomic E-state index is -0.792. The predicted octanol–water partition coefficient (Wildman–Crippen LogP) is 1.70. The fourth-order valence-electron chi connectivity index (χ4n) is 0.649. The smallest absolute Gasteiger partial charge is 0.198 e. The summed E-state index contributed by atoms with van der Waals surface area (Å²) < 4.78 is 0.751. The van der Waals surface area contributed by atoms with Crippen molar-refractivity contribution < 1.29 is 0 Å². The Bertz CT molecular complexity index is 246. The maximum Gasteiger partial charge on any atom is 0.198 e. The average Bonchev–Trinajstić information content (AvgIpc) is 1.81. The lowest BCUT2D eigenvalue weighted by molar-refractivity contribution is 0.602. The molecule has 0 bridgehead atoms. The van der Waals surface area contributed by atoms with Crippen LogP contribution in [0.4, 0.5) is 0 Å². The molecule has 0 fully saturated rings. The highest BCUT2D eigenvalue weighted by molar-refractivity contribution is 14.1. The second-order valence-electron chi connectivity index (χ2n) is 2.30. The molecule has 0 aliphatic carbocycles. The van der Waals surface area contributed by atoms with Crippen LogP contribution < -0.4 is 11.1 Å². The first kappa shape index (κ1) is 9.57. The molecule has 3 nitrogen and oxygen atoms in total. The monoisotopic (exact) mass is 305 g/mol. The van der Waals surface area contributed by atoms with E-state index in [-0.39, 0.29) is 5.29 Å². The fraction of sp³-hybridized carbons (Fsp3) is 0.400. The molecule has 1 atom stereocenters. The van der Waals surface area contributed by atoms with Gasteiger partial charge < -0.3 is 11.1 Å². The number of nitrogens with two attached hydrogens (primary N) is 1. The summed E-state index contributed by atoms with van der Waals surface area (Å²) in [4.78, 5) is 3.94. The van der Waals surface area contributed by atoms with Gasteiger partial charge in [-0.3, -0.25) is 0 Å². The topological polar surface area (TPSA) is 50.4 Å². The lowest BCUT2D eigenvalue weighted by atomic mass is 10.2. The first-order valence-electron chi connectivity index (χ1n) is 2.80. The van der Waals surface area contributed by atoms with Crippen molar-refractivity contribution in [2.45, 2.75) is 12.6 Å². The van der Waals surface area contributed by atoms with Gasteiger partial charge in [-0.25, -0.2) is 4.99 Å². The van der Waals surface area contributed by atoms with E-state index < -0.39 is 5.66 Å². The van der Waals surface area contributed by atoms with Gasteiger partial charge in [-0.05, 0) is 41.1 Å². The van der Waals surface area contributed by atoms with Crippen molar-refractivity contribution in [3.8, 4) is 0 Å². The Morgan fingerprint density at radius 1 is 1.64 bits per heavy atom. The van der Waals surface area contributed by atoms with Crippen LogP contribution in [0.5, 0.6) is 0 Å². The van der Waals surface area contributed by atoms with Crippen LogP contribution in [-0.2, 0) is 0 Å². The number of aliphatic imine (C=N–C) groups is 1. The van der Waals surface area contributed by atoms with Crippen LogP contribution in [0, 0.1) is 0 Å². The summed E-state index contributed by atoms with van der Waals surface area (Å²) in [6.45, 7) is 1.74. The molecule has 0 aromatic carbocycles. The van der Waals surface area contributed by atoms with Gasteiger partial charge in [-0.2, -0.15) is 0 Å². The molecule has 6 heteroatoms. The lowest BCUT2D eigenvalue weighted by Crippen LogP contribution is -2.41. The SMILES string of the molecule is CC1(N)N=C(Cl)NC(Cl)=C1I. The number of hydrogen-bond donors (Lipinski definition) is 2. The van der Waals surface area contributed by atoms with Crippen molar-refractivity contribution in [1.29, 1.82) is 0 Å². The summed E-state index contributed by atoms with van der Waals surface area (Å²) in [6, 6.07) is 0. The maximum atomic E-state index is 5.76. The molecule has 0 radical (unpaired) electrons. The van der Waals surface area contributed by atoms with E-state index in [0.29, 0.717) is 5.16 Å². The van der Waals surface area contributed by atoms with Gasteiger partial charge in [0, 0.05) is 0 Å². The lowest BCUT2D eigenvalue weighted by Gasteiger charge is -2.25. The van der Waals surface area contributed by atoms with Crippen LogP contribution in [0.2, 0.25) is 0 Å². The van der Waals surface area contributed by atoms with Crippen LogP contribution in [0.15, 0.2) is 13.7 Å². The average molecular weight is 306 g/mol. The number of nitrogens with zero attached hydrogens (tertiary/aromatic N) is 1. The number of nitrogens with one attached hydrogen (secondary N) is 1. The summed E-state index contributed by atoms with van der Waals surface area (Å²) in [6.07, 6.45) is 0. The third-order valence-electron chi connectivity index (χ3n) is 1.18. The molecule has 11 heavy (non-hydrogen) atoms. The fourth-order valence-corrected chi connectivity index (χ4v) is 1.50. The molecule has 0 aromatic rings. The molecule has 1 aliphatic heterocycles. The van der Waals surface area contributed by atoms with E-state index in [1.165, 1.54) is 0 Å². The second kappa shape index (κ2) is 3.08. The summed E-state index contributed by atoms with van der Waals surface area (Å²) in [5, 5.41) is 3.32.